The second-order valence-corrected chi connectivity index (χ2v) is 3.66. The minimum Gasteiger partial charge on any atom is -0.394 e. The van der Waals surface area contributed by atoms with Crippen molar-refractivity contribution in [2.24, 2.45) is 0 Å². The third-order valence-electron chi connectivity index (χ3n) is 1.67. The van der Waals surface area contributed by atoms with Gasteiger partial charge >= 0.3 is 0 Å². The van der Waals surface area contributed by atoms with Gasteiger partial charge in [-0.2, -0.15) is 0 Å². The largest absolute Gasteiger partial charge is 0.394 e. The van der Waals surface area contributed by atoms with E-state index in [0.717, 1.165) is 0 Å². The van der Waals surface area contributed by atoms with E-state index in [9.17, 15) is 0 Å². The molecule has 1 heterocycles. The quantitative estimate of drug-likeness (QED) is 0.742. The molecule has 1 aromatic rings. The van der Waals surface area contributed by atoms with E-state index in [2.05, 4.69) is 0 Å². The average molecular weight is 171 g/mol. The van der Waals surface area contributed by atoms with E-state index < -0.39 is 0 Å². The first-order chi connectivity index (χ1) is 5.25. The summed E-state index contributed by atoms with van der Waals surface area (Å²) in [5.74, 6) is 0. The molecule has 0 radical (unpaired) electrons. The Morgan fingerprint density at radius 2 is 2.36 bits per heavy atom. The summed E-state index contributed by atoms with van der Waals surface area (Å²) in [5, 5.41) is 11.1. The fourth-order valence-corrected chi connectivity index (χ4v) is 1.90. The first-order valence-electron chi connectivity index (χ1n) is 3.56. The molecular weight excluding hydrogens is 158 g/mol. The topological polar surface area (TPSA) is 23.5 Å². The van der Waals surface area contributed by atoms with Crippen LogP contribution >= 0.6 is 11.3 Å². The van der Waals surface area contributed by atoms with E-state index in [0.29, 0.717) is 0 Å². The van der Waals surface area contributed by atoms with Crippen LogP contribution in [0.15, 0.2) is 17.5 Å². The van der Waals surface area contributed by atoms with Crippen molar-refractivity contribution in [3.63, 3.8) is 0 Å². The Balaban J connectivity index is 2.71. The van der Waals surface area contributed by atoms with Crippen molar-refractivity contribution < 1.29 is 5.11 Å². The van der Waals surface area contributed by atoms with Crippen molar-refractivity contribution in [1.82, 2.24) is 4.90 Å². The van der Waals surface area contributed by atoms with Crippen LogP contribution < -0.4 is 0 Å². The molecular formula is C8H13NOS. The van der Waals surface area contributed by atoms with Crippen LogP contribution in [-0.2, 0) is 0 Å². The number of likely N-dealkylation sites (N-methyl/N-ethyl adjacent to an activating group) is 1. The molecule has 1 atom stereocenters. The van der Waals surface area contributed by atoms with E-state index in [1.54, 1.807) is 11.3 Å². The molecule has 2 nitrogen and oxygen atoms in total. The lowest BCUT2D eigenvalue weighted by atomic mass is 10.2. The second kappa shape index (κ2) is 3.85. The van der Waals surface area contributed by atoms with Gasteiger partial charge < -0.3 is 5.11 Å². The van der Waals surface area contributed by atoms with E-state index in [-0.39, 0.29) is 12.6 Å². The molecule has 0 fully saturated rings. The lowest BCUT2D eigenvalue weighted by molar-refractivity contribution is 0.173. The van der Waals surface area contributed by atoms with Gasteiger partial charge in [0.05, 0.1) is 12.6 Å². The maximum Gasteiger partial charge on any atom is 0.0669 e. The molecule has 0 saturated heterocycles. The number of hydrogen-bond donors (Lipinski definition) is 1. The molecule has 0 amide bonds. The summed E-state index contributed by atoms with van der Waals surface area (Å²) in [5.41, 5.74) is 0. The summed E-state index contributed by atoms with van der Waals surface area (Å²) >= 11 is 1.68. The molecule has 1 aromatic heterocycles. The van der Waals surface area contributed by atoms with Gasteiger partial charge in [-0.25, -0.2) is 0 Å². The van der Waals surface area contributed by atoms with Crippen molar-refractivity contribution in [3.8, 4) is 0 Å². The number of thiophene rings is 1. The predicted octanol–water partition coefficient (Wildman–Crippen LogP) is 1.34. The maximum atomic E-state index is 9.03. The molecule has 1 N–H and O–H groups in total. The number of aliphatic hydroxyl groups excluding tert-OH is 1. The highest BCUT2D eigenvalue weighted by molar-refractivity contribution is 7.10. The molecule has 0 spiro atoms. The van der Waals surface area contributed by atoms with Gasteiger partial charge in [0.2, 0.25) is 0 Å². The Morgan fingerprint density at radius 1 is 1.64 bits per heavy atom. The molecule has 1 rings (SSSR count). The molecule has 3 heteroatoms. The first kappa shape index (κ1) is 8.71. The van der Waals surface area contributed by atoms with Gasteiger partial charge in [0.15, 0.2) is 0 Å². The number of nitrogens with zero attached hydrogens (tertiary/aromatic N) is 1. The van der Waals surface area contributed by atoms with Crippen LogP contribution in [-0.4, -0.2) is 30.7 Å². The van der Waals surface area contributed by atoms with Gasteiger partial charge in [-0.3, -0.25) is 4.90 Å². The summed E-state index contributed by atoms with van der Waals surface area (Å²) < 4.78 is 0. The molecule has 11 heavy (non-hydrogen) atoms. The Morgan fingerprint density at radius 3 is 2.73 bits per heavy atom. The van der Waals surface area contributed by atoms with E-state index in [4.69, 9.17) is 5.11 Å². The molecule has 1 unspecified atom stereocenters. The lowest BCUT2D eigenvalue weighted by Crippen LogP contribution is -2.21. The summed E-state index contributed by atoms with van der Waals surface area (Å²) in [6.45, 7) is 0.188. The third kappa shape index (κ3) is 2.02. The second-order valence-electron chi connectivity index (χ2n) is 2.68. The van der Waals surface area contributed by atoms with Crippen molar-refractivity contribution >= 4 is 11.3 Å². The fourth-order valence-electron chi connectivity index (χ4n) is 0.989. The molecule has 0 saturated carbocycles. The fraction of sp³-hybridized carbons (Fsp3) is 0.500. The van der Waals surface area contributed by atoms with Gasteiger partial charge in [0.1, 0.15) is 0 Å². The van der Waals surface area contributed by atoms with Crippen molar-refractivity contribution in [3.05, 3.63) is 22.4 Å². The van der Waals surface area contributed by atoms with E-state index in [1.165, 1.54) is 4.88 Å². The highest BCUT2D eigenvalue weighted by atomic mass is 32.1. The SMILES string of the molecule is CN(C)C(CO)c1cccs1. The van der Waals surface area contributed by atoms with Crippen LogP contribution in [0.3, 0.4) is 0 Å². The van der Waals surface area contributed by atoms with Gasteiger partial charge in [0, 0.05) is 4.88 Å². The average Bonchev–Trinajstić information content (AvgIpc) is 2.40. The van der Waals surface area contributed by atoms with Crippen molar-refractivity contribution in [2.45, 2.75) is 6.04 Å². The van der Waals surface area contributed by atoms with Crippen LogP contribution in [0.2, 0.25) is 0 Å². The van der Waals surface area contributed by atoms with E-state index >= 15 is 0 Å². The zero-order valence-electron chi connectivity index (χ0n) is 6.82. The van der Waals surface area contributed by atoms with Gasteiger partial charge in [0.25, 0.3) is 0 Å². The normalized spacial score (nSPS) is 13.8. The third-order valence-corrected chi connectivity index (χ3v) is 2.64. The summed E-state index contributed by atoms with van der Waals surface area (Å²) in [6.07, 6.45) is 0. The highest BCUT2D eigenvalue weighted by Gasteiger charge is 2.12. The zero-order valence-corrected chi connectivity index (χ0v) is 7.64. The number of aliphatic hydroxyl groups is 1. The van der Waals surface area contributed by atoms with Crippen LogP contribution in [0.5, 0.6) is 0 Å². The van der Waals surface area contributed by atoms with Gasteiger partial charge in [-0.1, -0.05) is 6.07 Å². The Labute approximate surface area is 71.1 Å². The Hall–Kier alpha value is -0.380. The van der Waals surface area contributed by atoms with Crippen LogP contribution in [0.4, 0.5) is 0 Å². The van der Waals surface area contributed by atoms with Crippen LogP contribution in [0.25, 0.3) is 0 Å². The van der Waals surface area contributed by atoms with Gasteiger partial charge in [-0.05, 0) is 25.5 Å². The molecule has 0 aliphatic rings. The summed E-state index contributed by atoms with van der Waals surface area (Å²) in [7, 11) is 3.95. The Kier molecular flexibility index (Phi) is 3.05. The maximum absolute atomic E-state index is 9.03. The molecule has 0 aliphatic carbocycles. The monoisotopic (exact) mass is 171 g/mol. The number of hydrogen-bond acceptors (Lipinski definition) is 3. The minimum atomic E-state index is 0.162. The molecule has 62 valence electrons. The smallest absolute Gasteiger partial charge is 0.0669 e. The first-order valence-corrected chi connectivity index (χ1v) is 4.44. The van der Waals surface area contributed by atoms with Crippen molar-refractivity contribution in [1.29, 1.82) is 0 Å². The molecule has 0 aromatic carbocycles. The minimum absolute atomic E-state index is 0.162. The summed E-state index contributed by atoms with van der Waals surface area (Å²) in [6, 6.07) is 4.22. The van der Waals surface area contributed by atoms with Gasteiger partial charge in [-0.15, -0.1) is 11.3 Å². The standard InChI is InChI=1S/C8H13NOS/c1-9(2)7(6-10)8-4-3-5-11-8/h3-5,7,10H,6H2,1-2H3. The lowest BCUT2D eigenvalue weighted by Gasteiger charge is -2.20. The van der Waals surface area contributed by atoms with Crippen LogP contribution in [0, 0.1) is 0 Å². The molecule has 0 bridgehead atoms. The molecule has 0 aliphatic heterocycles. The predicted molar refractivity (Wildman–Crippen MR) is 47.8 cm³/mol. The van der Waals surface area contributed by atoms with Crippen LogP contribution in [0.1, 0.15) is 10.9 Å². The summed E-state index contributed by atoms with van der Waals surface area (Å²) in [4.78, 5) is 3.24. The zero-order chi connectivity index (χ0) is 8.27. The highest BCUT2D eigenvalue weighted by Crippen LogP contribution is 2.21. The number of rotatable bonds is 3. The van der Waals surface area contributed by atoms with Crippen molar-refractivity contribution in [2.75, 3.05) is 20.7 Å². The van der Waals surface area contributed by atoms with E-state index in [1.807, 2.05) is 36.5 Å². The Bertz CT molecular complexity index is 196.